The van der Waals surface area contributed by atoms with Crippen molar-refractivity contribution in [2.45, 2.75) is 26.3 Å². The first kappa shape index (κ1) is 17.7. The molecule has 1 aromatic carbocycles. The SMILES string of the molecule is COc1ncnc2ccc(N3CCN(Cc4ncc(C(C)C)o4)CC3)cc12. The molecule has 0 aliphatic carbocycles. The van der Waals surface area contributed by atoms with Crippen LogP contribution in [0.1, 0.15) is 31.4 Å². The average molecular weight is 367 g/mol. The van der Waals surface area contributed by atoms with Gasteiger partial charge in [-0.05, 0) is 18.2 Å². The molecule has 27 heavy (non-hydrogen) atoms. The Labute approximate surface area is 159 Å². The van der Waals surface area contributed by atoms with E-state index in [1.54, 1.807) is 7.11 Å². The molecule has 2 aromatic heterocycles. The average Bonchev–Trinajstić information content (AvgIpc) is 3.16. The molecule has 1 saturated heterocycles. The summed E-state index contributed by atoms with van der Waals surface area (Å²) in [5.41, 5.74) is 2.07. The van der Waals surface area contributed by atoms with Crippen molar-refractivity contribution in [2.24, 2.45) is 0 Å². The van der Waals surface area contributed by atoms with E-state index in [0.717, 1.165) is 55.3 Å². The van der Waals surface area contributed by atoms with Crippen molar-refractivity contribution in [2.75, 3.05) is 38.2 Å². The van der Waals surface area contributed by atoms with Gasteiger partial charge in [-0.15, -0.1) is 0 Å². The van der Waals surface area contributed by atoms with Crippen LogP contribution in [0.4, 0.5) is 5.69 Å². The molecule has 0 atom stereocenters. The highest BCUT2D eigenvalue weighted by Gasteiger charge is 2.20. The van der Waals surface area contributed by atoms with Crippen LogP contribution < -0.4 is 9.64 Å². The summed E-state index contributed by atoms with van der Waals surface area (Å²) in [5.74, 6) is 2.75. The third-order valence-corrected chi connectivity index (χ3v) is 5.01. The van der Waals surface area contributed by atoms with Crippen LogP contribution in [0, 0.1) is 0 Å². The number of ether oxygens (including phenoxy) is 1. The number of anilines is 1. The van der Waals surface area contributed by atoms with E-state index in [1.807, 2.05) is 12.3 Å². The van der Waals surface area contributed by atoms with Gasteiger partial charge in [0.2, 0.25) is 11.8 Å². The molecule has 3 aromatic rings. The zero-order chi connectivity index (χ0) is 18.8. The van der Waals surface area contributed by atoms with E-state index in [2.05, 4.69) is 50.7 Å². The Hall–Kier alpha value is -2.67. The van der Waals surface area contributed by atoms with Crippen molar-refractivity contribution in [3.8, 4) is 5.88 Å². The predicted octanol–water partition coefficient (Wildman–Crippen LogP) is 3.07. The van der Waals surface area contributed by atoms with Gasteiger partial charge in [-0.1, -0.05) is 13.8 Å². The maximum Gasteiger partial charge on any atom is 0.224 e. The lowest BCUT2D eigenvalue weighted by Crippen LogP contribution is -2.46. The zero-order valence-electron chi connectivity index (χ0n) is 16.1. The summed E-state index contributed by atoms with van der Waals surface area (Å²) in [7, 11) is 1.64. The molecule has 0 saturated carbocycles. The molecule has 0 amide bonds. The fourth-order valence-corrected chi connectivity index (χ4v) is 3.40. The van der Waals surface area contributed by atoms with E-state index >= 15 is 0 Å². The number of hydrogen-bond donors (Lipinski definition) is 0. The van der Waals surface area contributed by atoms with Crippen molar-refractivity contribution >= 4 is 16.6 Å². The Balaban J connectivity index is 1.42. The van der Waals surface area contributed by atoms with Crippen molar-refractivity contribution in [3.63, 3.8) is 0 Å². The highest BCUT2D eigenvalue weighted by atomic mass is 16.5. The summed E-state index contributed by atoms with van der Waals surface area (Å²) >= 11 is 0. The van der Waals surface area contributed by atoms with Gasteiger partial charge in [-0.25, -0.2) is 15.0 Å². The largest absolute Gasteiger partial charge is 0.480 e. The maximum absolute atomic E-state index is 5.84. The molecule has 0 radical (unpaired) electrons. The van der Waals surface area contributed by atoms with Gasteiger partial charge in [0, 0.05) is 37.8 Å². The van der Waals surface area contributed by atoms with E-state index in [1.165, 1.54) is 12.0 Å². The highest BCUT2D eigenvalue weighted by molar-refractivity contribution is 5.86. The molecule has 4 rings (SSSR count). The van der Waals surface area contributed by atoms with E-state index in [9.17, 15) is 0 Å². The van der Waals surface area contributed by atoms with Gasteiger partial charge in [0.25, 0.3) is 0 Å². The number of rotatable bonds is 5. The minimum absolute atomic E-state index is 0.372. The Morgan fingerprint density at radius 3 is 2.63 bits per heavy atom. The second-order valence-electron chi connectivity index (χ2n) is 7.16. The summed E-state index contributed by atoms with van der Waals surface area (Å²) < 4.78 is 11.2. The predicted molar refractivity (Wildman–Crippen MR) is 104 cm³/mol. The lowest BCUT2D eigenvalue weighted by Gasteiger charge is -2.35. The van der Waals surface area contributed by atoms with E-state index in [-0.39, 0.29) is 0 Å². The number of oxazole rings is 1. The topological polar surface area (TPSA) is 67.5 Å². The molecule has 7 nitrogen and oxygen atoms in total. The van der Waals surface area contributed by atoms with Crippen LogP contribution in [0.25, 0.3) is 10.9 Å². The molecule has 0 unspecified atom stereocenters. The molecule has 0 bridgehead atoms. The quantitative estimate of drug-likeness (QED) is 0.686. The molecule has 1 aliphatic rings. The van der Waals surface area contributed by atoms with E-state index in [0.29, 0.717) is 11.8 Å². The zero-order valence-corrected chi connectivity index (χ0v) is 16.1. The molecule has 1 fully saturated rings. The van der Waals surface area contributed by atoms with Crippen LogP contribution >= 0.6 is 0 Å². The molecule has 142 valence electrons. The van der Waals surface area contributed by atoms with Crippen LogP contribution in [0.2, 0.25) is 0 Å². The summed E-state index contributed by atoms with van der Waals surface area (Å²) in [6.07, 6.45) is 3.38. The fraction of sp³-hybridized carbons (Fsp3) is 0.450. The Bertz CT molecular complexity index is 916. The van der Waals surface area contributed by atoms with Gasteiger partial charge in [0.15, 0.2) is 0 Å². The van der Waals surface area contributed by atoms with Gasteiger partial charge in [-0.3, -0.25) is 4.90 Å². The van der Waals surface area contributed by atoms with Crippen molar-refractivity contribution in [3.05, 3.63) is 42.4 Å². The van der Waals surface area contributed by atoms with Gasteiger partial charge >= 0.3 is 0 Å². The Morgan fingerprint density at radius 1 is 1.11 bits per heavy atom. The smallest absolute Gasteiger partial charge is 0.224 e. The van der Waals surface area contributed by atoms with Gasteiger partial charge in [0.05, 0.1) is 30.8 Å². The molecule has 0 N–H and O–H groups in total. The molecule has 3 heterocycles. The van der Waals surface area contributed by atoms with Crippen LogP contribution in [-0.2, 0) is 6.54 Å². The van der Waals surface area contributed by atoms with E-state index < -0.39 is 0 Å². The molecule has 0 spiro atoms. The first-order valence-electron chi connectivity index (χ1n) is 9.34. The number of methoxy groups -OCH3 is 1. The summed E-state index contributed by atoms with van der Waals surface area (Å²) in [6.45, 7) is 8.86. The van der Waals surface area contributed by atoms with Gasteiger partial charge in [0.1, 0.15) is 12.1 Å². The number of benzene rings is 1. The Kier molecular flexibility index (Phi) is 4.94. The van der Waals surface area contributed by atoms with Gasteiger partial charge in [-0.2, -0.15) is 0 Å². The fourth-order valence-electron chi connectivity index (χ4n) is 3.40. The van der Waals surface area contributed by atoms with Crippen molar-refractivity contribution < 1.29 is 9.15 Å². The molecular weight excluding hydrogens is 342 g/mol. The van der Waals surface area contributed by atoms with Crippen LogP contribution in [0.15, 0.2) is 35.1 Å². The summed E-state index contributed by atoms with van der Waals surface area (Å²) in [6, 6.07) is 6.27. The molecular formula is C20H25N5O2. The third kappa shape index (κ3) is 3.73. The molecule has 1 aliphatic heterocycles. The number of hydrogen-bond acceptors (Lipinski definition) is 7. The standard InChI is InChI=1S/C20H25N5O2/c1-14(2)18-11-21-19(27-18)12-24-6-8-25(9-7-24)15-4-5-17-16(10-15)20(26-3)23-13-22-17/h4-5,10-11,13-14H,6-9,12H2,1-3H3. The van der Waals surface area contributed by atoms with Crippen molar-refractivity contribution in [1.29, 1.82) is 0 Å². The van der Waals surface area contributed by atoms with Crippen LogP contribution in [0.5, 0.6) is 5.88 Å². The van der Waals surface area contributed by atoms with Crippen LogP contribution in [-0.4, -0.2) is 53.1 Å². The number of aromatic nitrogens is 3. The molecule has 7 heteroatoms. The normalized spacial score (nSPS) is 15.6. The van der Waals surface area contributed by atoms with Crippen molar-refractivity contribution in [1.82, 2.24) is 19.9 Å². The minimum Gasteiger partial charge on any atom is -0.480 e. The summed E-state index contributed by atoms with van der Waals surface area (Å²) in [4.78, 5) is 17.7. The summed E-state index contributed by atoms with van der Waals surface area (Å²) in [5, 5.41) is 0.945. The highest BCUT2D eigenvalue weighted by Crippen LogP contribution is 2.27. The maximum atomic E-state index is 5.84. The first-order valence-corrected chi connectivity index (χ1v) is 9.34. The third-order valence-electron chi connectivity index (χ3n) is 5.01. The number of fused-ring (bicyclic) bond motifs is 1. The second kappa shape index (κ2) is 7.52. The minimum atomic E-state index is 0.372. The first-order chi connectivity index (χ1) is 13.1. The number of nitrogens with zero attached hydrogens (tertiary/aromatic N) is 5. The van der Waals surface area contributed by atoms with Crippen LogP contribution in [0.3, 0.4) is 0 Å². The number of piperazine rings is 1. The lowest BCUT2D eigenvalue weighted by atomic mass is 10.2. The monoisotopic (exact) mass is 367 g/mol. The van der Waals surface area contributed by atoms with E-state index in [4.69, 9.17) is 9.15 Å². The lowest BCUT2D eigenvalue weighted by molar-refractivity contribution is 0.223. The van der Waals surface area contributed by atoms with Gasteiger partial charge < -0.3 is 14.1 Å². The Morgan fingerprint density at radius 2 is 1.93 bits per heavy atom. The second-order valence-corrected chi connectivity index (χ2v) is 7.16.